The van der Waals surface area contributed by atoms with Crippen LogP contribution in [0.15, 0.2) is 36.5 Å². The third-order valence-corrected chi connectivity index (χ3v) is 4.39. The van der Waals surface area contributed by atoms with E-state index in [9.17, 15) is 9.90 Å². The fourth-order valence-corrected chi connectivity index (χ4v) is 3.11. The number of aliphatic hydroxyl groups is 1. The van der Waals surface area contributed by atoms with E-state index in [-0.39, 0.29) is 18.1 Å². The third-order valence-electron chi connectivity index (χ3n) is 4.39. The van der Waals surface area contributed by atoms with Gasteiger partial charge in [0, 0.05) is 18.0 Å². The summed E-state index contributed by atoms with van der Waals surface area (Å²) in [4.78, 5) is 16.5. The number of benzene rings is 1. The van der Waals surface area contributed by atoms with E-state index in [1.807, 2.05) is 37.4 Å². The minimum absolute atomic E-state index is 0.0560. The zero-order valence-electron chi connectivity index (χ0n) is 12.8. The Hall–Kier alpha value is -1.94. The van der Waals surface area contributed by atoms with E-state index in [4.69, 9.17) is 0 Å². The molecule has 2 N–H and O–H groups in total. The van der Waals surface area contributed by atoms with Crippen LogP contribution in [-0.4, -0.2) is 22.1 Å². The van der Waals surface area contributed by atoms with Crippen LogP contribution in [-0.2, 0) is 4.79 Å². The highest BCUT2D eigenvalue weighted by atomic mass is 16.3. The molecule has 1 aliphatic rings. The van der Waals surface area contributed by atoms with Gasteiger partial charge >= 0.3 is 0 Å². The summed E-state index contributed by atoms with van der Waals surface area (Å²) < 4.78 is 0. The van der Waals surface area contributed by atoms with Crippen molar-refractivity contribution in [2.24, 2.45) is 5.92 Å². The molecule has 22 heavy (non-hydrogen) atoms. The molecule has 0 aliphatic heterocycles. The van der Waals surface area contributed by atoms with Gasteiger partial charge in [-0.2, -0.15) is 0 Å². The zero-order chi connectivity index (χ0) is 15.5. The van der Waals surface area contributed by atoms with Crippen LogP contribution in [0.25, 0.3) is 10.9 Å². The minimum Gasteiger partial charge on any atom is -0.393 e. The SMILES string of the molecule is CCCC(=O)N[C@@H](c1cnc2ccccc2c1)C1CC(O)C1. The van der Waals surface area contributed by atoms with Crippen molar-refractivity contribution in [1.82, 2.24) is 10.3 Å². The molecule has 1 aliphatic carbocycles. The lowest BCUT2D eigenvalue weighted by Gasteiger charge is -2.38. The summed E-state index contributed by atoms with van der Waals surface area (Å²) in [7, 11) is 0. The second-order valence-electron chi connectivity index (χ2n) is 6.14. The molecule has 1 aromatic carbocycles. The number of rotatable bonds is 5. The number of pyridine rings is 1. The van der Waals surface area contributed by atoms with Crippen molar-refractivity contribution in [2.45, 2.75) is 44.8 Å². The third kappa shape index (κ3) is 3.12. The molecule has 1 aromatic heterocycles. The van der Waals surface area contributed by atoms with Gasteiger partial charge < -0.3 is 10.4 Å². The van der Waals surface area contributed by atoms with Crippen molar-refractivity contribution in [3.8, 4) is 0 Å². The van der Waals surface area contributed by atoms with Gasteiger partial charge in [0.15, 0.2) is 0 Å². The number of amides is 1. The van der Waals surface area contributed by atoms with E-state index in [0.29, 0.717) is 12.3 Å². The van der Waals surface area contributed by atoms with Crippen molar-refractivity contribution >= 4 is 16.8 Å². The average Bonchev–Trinajstić information content (AvgIpc) is 2.50. The van der Waals surface area contributed by atoms with E-state index < -0.39 is 0 Å². The fourth-order valence-electron chi connectivity index (χ4n) is 3.11. The fraction of sp³-hybridized carbons (Fsp3) is 0.444. The van der Waals surface area contributed by atoms with Crippen molar-refractivity contribution in [2.75, 3.05) is 0 Å². The first-order valence-corrected chi connectivity index (χ1v) is 7.99. The summed E-state index contributed by atoms with van der Waals surface area (Å²) in [5.74, 6) is 0.362. The maximum absolute atomic E-state index is 12.0. The average molecular weight is 298 g/mol. The molecule has 3 rings (SSSR count). The van der Waals surface area contributed by atoms with Gasteiger partial charge in [0.2, 0.25) is 5.91 Å². The van der Waals surface area contributed by atoms with Crippen molar-refractivity contribution < 1.29 is 9.90 Å². The van der Waals surface area contributed by atoms with Crippen LogP contribution in [0.4, 0.5) is 0 Å². The Labute approximate surface area is 130 Å². The number of nitrogens with one attached hydrogen (secondary N) is 1. The van der Waals surface area contributed by atoms with E-state index in [1.165, 1.54) is 0 Å². The van der Waals surface area contributed by atoms with Crippen LogP contribution in [0.3, 0.4) is 0 Å². The summed E-state index contributed by atoms with van der Waals surface area (Å²) in [5, 5.41) is 13.8. The molecule has 116 valence electrons. The first-order valence-electron chi connectivity index (χ1n) is 7.99. The minimum atomic E-state index is -0.232. The second kappa shape index (κ2) is 6.44. The molecule has 0 saturated heterocycles. The van der Waals surface area contributed by atoms with Gasteiger partial charge in [0.25, 0.3) is 0 Å². The van der Waals surface area contributed by atoms with E-state index in [2.05, 4.69) is 16.4 Å². The van der Waals surface area contributed by atoms with Gasteiger partial charge in [0.05, 0.1) is 17.7 Å². The number of hydrogen-bond donors (Lipinski definition) is 2. The Bertz CT molecular complexity index is 665. The maximum Gasteiger partial charge on any atom is 0.220 e. The van der Waals surface area contributed by atoms with Crippen molar-refractivity contribution in [3.63, 3.8) is 0 Å². The highest BCUT2D eigenvalue weighted by Gasteiger charge is 2.35. The highest BCUT2D eigenvalue weighted by molar-refractivity contribution is 5.79. The second-order valence-corrected chi connectivity index (χ2v) is 6.14. The Balaban J connectivity index is 1.87. The van der Waals surface area contributed by atoms with Gasteiger partial charge in [-0.3, -0.25) is 9.78 Å². The van der Waals surface area contributed by atoms with Crippen LogP contribution >= 0.6 is 0 Å². The molecule has 2 aromatic rings. The lowest BCUT2D eigenvalue weighted by Crippen LogP contribution is -2.41. The van der Waals surface area contributed by atoms with Gasteiger partial charge in [-0.15, -0.1) is 0 Å². The Morgan fingerprint density at radius 3 is 2.91 bits per heavy atom. The normalized spacial score (nSPS) is 22.1. The maximum atomic E-state index is 12.0. The molecule has 0 radical (unpaired) electrons. The zero-order valence-corrected chi connectivity index (χ0v) is 12.8. The number of fused-ring (bicyclic) bond motifs is 1. The first kappa shape index (κ1) is 15.0. The molecule has 4 nitrogen and oxygen atoms in total. The van der Waals surface area contributed by atoms with Crippen LogP contribution in [0.5, 0.6) is 0 Å². The van der Waals surface area contributed by atoms with Gasteiger partial charge in [0.1, 0.15) is 0 Å². The summed E-state index contributed by atoms with van der Waals surface area (Å²) >= 11 is 0. The molecule has 4 heteroatoms. The largest absolute Gasteiger partial charge is 0.393 e. The topological polar surface area (TPSA) is 62.2 Å². The molecule has 0 unspecified atom stereocenters. The number of hydrogen-bond acceptors (Lipinski definition) is 3. The van der Waals surface area contributed by atoms with Crippen LogP contribution < -0.4 is 5.32 Å². The van der Waals surface area contributed by atoms with Crippen molar-refractivity contribution in [3.05, 3.63) is 42.1 Å². The number of carbonyl (C=O) groups is 1. The predicted octanol–water partition coefficient (Wildman–Crippen LogP) is 2.96. The van der Waals surface area contributed by atoms with Crippen LogP contribution in [0.2, 0.25) is 0 Å². The lowest BCUT2D eigenvalue weighted by atomic mass is 9.75. The van der Waals surface area contributed by atoms with E-state index >= 15 is 0 Å². The first-order chi connectivity index (χ1) is 10.7. The molecule has 1 atom stereocenters. The summed E-state index contributed by atoms with van der Waals surface area (Å²) in [6, 6.07) is 10.0. The Kier molecular flexibility index (Phi) is 4.39. The quantitative estimate of drug-likeness (QED) is 0.892. The van der Waals surface area contributed by atoms with E-state index in [0.717, 1.165) is 35.7 Å². The van der Waals surface area contributed by atoms with Crippen molar-refractivity contribution in [1.29, 1.82) is 0 Å². The van der Waals surface area contributed by atoms with Gasteiger partial charge in [-0.1, -0.05) is 25.1 Å². The summed E-state index contributed by atoms with van der Waals surface area (Å²) in [6.07, 6.45) is 4.47. The molecular formula is C18H22N2O2. The predicted molar refractivity (Wildman–Crippen MR) is 86.3 cm³/mol. The molecule has 1 saturated carbocycles. The number of aliphatic hydroxyl groups excluding tert-OH is 1. The molecular weight excluding hydrogens is 276 g/mol. The Morgan fingerprint density at radius 2 is 2.18 bits per heavy atom. The van der Waals surface area contributed by atoms with Crippen LogP contribution in [0.1, 0.15) is 44.2 Å². The monoisotopic (exact) mass is 298 g/mol. The molecule has 0 spiro atoms. The van der Waals surface area contributed by atoms with Gasteiger partial charge in [-0.05, 0) is 42.9 Å². The smallest absolute Gasteiger partial charge is 0.220 e. The molecule has 1 amide bonds. The summed E-state index contributed by atoms with van der Waals surface area (Å²) in [5.41, 5.74) is 1.98. The van der Waals surface area contributed by atoms with E-state index in [1.54, 1.807) is 0 Å². The molecule has 1 fully saturated rings. The number of para-hydroxylation sites is 1. The molecule has 0 bridgehead atoms. The number of nitrogens with zero attached hydrogens (tertiary/aromatic N) is 1. The van der Waals surface area contributed by atoms with Gasteiger partial charge in [-0.25, -0.2) is 0 Å². The summed E-state index contributed by atoms with van der Waals surface area (Å²) in [6.45, 7) is 2.00. The van der Waals surface area contributed by atoms with Crippen LogP contribution in [0, 0.1) is 5.92 Å². The molecule has 1 heterocycles. The number of carbonyl (C=O) groups excluding carboxylic acids is 1. The highest BCUT2D eigenvalue weighted by Crippen LogP contribution is 2.38. The standard InChI is InChI=1S/C18H22N2O2/c1-2-5-17(22)20-18(13-9-15(21)10-13)14-8-12-6-3-4-7-16(12)19-11-14/h3-4,6-8,11,13,15,18,21H,2,5,9-10H2,1H3,(H,20,22)/t13?,15?,18-/m1/s1. The number of aromatic nitrogens is 1. The lowest BCUT2D eigenvalue weighted by molar-refractivity contribution is -0.123. The Morgan fingerprint density at radius 1 is 1.41 bits per heavy atom.